The molecule has 9 heteroatoms. The van der Waals surface area contributed by atoms with Crippen LogP contribution in [0.1, 0.15) is 27.8 Å². The summed E-state index contributed by atoms with van der Waals surface area (Å²) in [4.78, 5) is 23.1. The van der Waals surface area contributed by atoms with Crippen molar-refractivity contribution in [2.45, 2.75) is 11.8 Å². The zero-order valence-electron chi connectivity index (χ0n) is 14.0. The van der Waals surface area contributed by atoms with Gasteiger partial charge in [0.05, 0.1) is 19.3 Å². The average Bonchev–Trinajstić information content (AvgIpc) is 2.97. The molecule has 1 aromatic heterocycles. The van der Waals surface area contributed by atoms with Crippen LogP contribution in [0.3, 0.4) is 0 Å². The molecule has 0 atom stereocenters. The Labute approximate surface area is 145 Å². The lowest BCUT2D eigenvalue weighted by Gasteiger charge is -2.07. The van der Waals surface area contributed by atoms with E-state index < -0.39 is 22.0 Å². The molecule has 0 aliphatic heterocycles. The van der Waals surface area contributed by atoms with Gasteiger partial charge in [-0.25, -0.2) is 18.0 Å². The van der Waals surface area contributed by atoms with Crippen molar-refractivity contribution >= 4 is 27.6 Å². The number of hydrogen-bond acceptors (Lipinski definition) is 6. The van der Waals surface area contributed by atoms with Gasteiger partial charge >= 0.3 is 11.9 Å². The molecule has 2 rings (SSSR count). The molecule has 0 fully saturated rings. The van der Waals surface area contributed by atoms with Crippen LogP contribution in [-0.2, 0) is 26.5 Å². The Kier molecular flexibility index (Phi) is 5.48. The first-order valence-electron chi connectivity index (χ1n) is 7.33. The number of aryl methyl sites for hydroxylation is 1. The summed E-state index contributed by atoms with van der Waals surface area (Å²) >= 11 is 0. The lowest BCUT2D eigenvalue weighted by Crippen LogP contribution is -2.12. The van der Waals surface area contributed by atoms with Crippen LogP contribution in [0.4, 0.5) is 5.69 Å². The third-order valence-electron chi connectivity index (χ3n) is 3.33. The first-order chi connectivity index (χ1) is 11.8. The zero-order valence-corrected chi connectivity index (χ0v) is 14.8. The maximum absolute atomic E-state index is 12.4. The van der Waals surface area contributed by atoms with Gasteiger partial charge in [0, 0.05) is 18.9 Å². The fourth-order valence-electron chi connectivity index (χ4n) is 2.09. The van der Waals surface area contributed by atoms with Crippen LogP contribution in [0.15, 0.2) is 41.4 Å². The molecule has 8 nitrogen and oxygen atoms in total. The summed E-state index contributed by atoms with van der Waals surface area (Å²) in [5.41, 5.74) is 0.703. The number of benzene rings is 1. The number of anilines is 1. The van der Waals surface area contributed by atoms with E-state index in [-0.39, 0.29) is 22.9 Å². The molecule has 2 aromatic rings. The van der Waals surface area contributed by atoms with E-state index in [1.54, 1.807) is 14.0 Å². The van der Waals surface area contributed by atoms with Crippen LogP contribution in [0, 0.1) is 0 Å². The molecule has 0 spiro atoms. The number of esters is 2. The minimum atomic E-state index is -3.89. The van der Waals surface area contributed by atoms with Crippen molar-refractivity contribution in [2.75, 3.05) is 18.4 Å². The number of aromatic nitrogens is 1. The van der Waals surface area contributed by atoms with Gasteiger partial charge in [0.1, 0.15) is 10.6 Å². The van der Waals surface area contributed by atoms with Gasteiger partial charge < -0.3 is 14.0 Å². The van der Waals surface area contributed by atoms with Gasteiger partial charge in [0.15, 0.2) is 0 Å². The van der Waals surface area contributed by atoms with Crippen LogP contribution >= 0.6 is 0 Å². The highest BCUT2D eigenvalue weighted by Gasteiger charge is 2.21. The molecule has 0 saturated carbocycles. The third kappa shape index (κ3) is 4.18. The number of nitrogens with one attached hydrogen (secondary N) is 1. The van der Waals surface area contributed by atoms with E-state index in [0.29, 0.717) is 5.56 Å². The van der Waals surface area contributed by atoms with E-state index in [9.17, 15) is 18.0 Å². The number of methoxy groups -OCH3 is 1. The molecular formula is C16H18N2O6S. The lowest BCUT2D eigenvalue weighted by molar-refractivity contribution is 0.0525. The Balaban J connectivity index is 2.21. The average molecular weight is 366 g/mol. The van der Waals surface area contributed by atoms with Crippen molar-refractivity contribution in [2.24, 2.45) is 7.05 Å². The predicted octanol–water partition coefficient (Wildman–Crippen LogP) is 1.79. The topological polar surface area (TPSA) is 104 Å². The fraction of sp³-hybridized carbons (Fsp3) is 0.250. The highest BCUT2D eigenvalue weighted by Crippen LogP contribution is 2.19. The van der Waals surface area contributed by atoms with Crippen molar-refractivity contribution in [3.63, 3.8) is 0 Å². The first kappa shape index (κ1) is 18.5. The second kappa shape index (κ2) is 7.39. The van der Waals surface area contributed by atoms with Gasteiger partial charge in [-0.1, -0.05) is 0 Å². The number of carbonyl (C=O) groups excluding carboxylic acids is 2. The van der Waals surface area contributed by atoms with Gasteiger partial charge in [-0.05, 0) is 37.3 Å². The van der Waals surface area contributed by atoms with Gasteiger partial charge in [0.25, 0.3) is 10.0 Å². The summed E-state index contributed by atoms with van der Waals surface area (Å²) in [5, 5.41) is 0. The van der Waals surface area contributed by atoms with Gasteiger partial charge in [0.2, 0.25) is 0 Å². The molecular weight excluding hydrogens is 348 g/mol. The Hall–Kier alpha value is -2.81. The first-order valence-corrected chi connectivity index (χ1v) is 8.81. The molecule has 0 unspecified atom stereocenters. The Bertz CT molecular complexity index is 884. The molecule has 0 aliphatic rings. The van der Waals surface area contributed by atoms with Crippen LogP contribution in [-0.4, -0.2) is 38.6 Å². The monoisotopic (exact) mass is 366 g/mol. The number of hydrogen-bond donors (Lipinski definition) is 1. The van der Waals surface area contributed by atoms with Crippen LogP contribution in [0.25, 0.3) is 0 Å². The molecule has 25 heavy (non-hydrogen) atoms. The summed E-state index contributed by atoms with van der Waals surface area (Å²) in [6.07, 6.45) is 1.31. The van der Waals surface area contributed by atoms with Crippen molar-refractivity contribution in [3.05, 3.63) is 47.8 Å². The molecule has 1 N–H and O–H groups in total. The zero-order chi connectivity index (χ0) is 18.6. The highest BCUT2D eigenvalue weighted by molar-refractivity contribution is 7.92. The molecule has 134 valence electrons. The standard InChI is InChI=1S/C16H18N2O6S/c1-4-24-15(19)11-5-7-12(8-6-11)17-25(21,22)13-9-14(16(20)23-3)18(2)10-13/h5-10,17H,4H2,1-3H3. The van der Waals surface area contributed by atoms with Gasteiger partial charge in [-0.15, -0.1) is 0 Å². The second-order valence-electron chi connectivity index (χ2n) is 5.07. The van der Waals surface area contributed by atoms with Gasteiger partial charge in [-0.3, -0.25) is 4.72 Å². The summed E-state index contributed by atoms with van der Waals surface area (Å²) in [6.45, 7) is 1.95. The van der Waals surface area contributed by atoms with E-state index in [0.717, 1.165) is 0 Å². The quantitative estimate of drug-likeness (QED) is 0.782. The molecule has 0 bridgehead atoms. The number of rotatable bonds is 6. The predicted molar refractivity (Wildman–Crippen MR) is 90.0 cm³/mol. The maximum Gasteiger partial charge on any atom is 0.354 e. The molecule has 1 aromatic carbocycles. The second-order valence-corrected chi connectivity index (χ2v) is 6.75. The normalized spacial score (nSPS) is 11.0. The molecule has 0 radical (unpaired) electrons. The van der Waals surface area contributed by atoms with Crippen LogP contribution in [0.5, 0.6) is 0 Å². The van der Waals surface area contributed by atoms with E-state index in [1.165, 1.54) is 48.2 Å². The highest BCUT2D eigenvalue weighted by atomic mass is 32.2. The Morgan fingerprint density at radius 2 is 1.80 bits per heavy atom. The molecule has 1 heterocycles. The van der Waals surface area contributed by atoms with E-state index in [1.807, 2.05) is 0 Å². The third-order valence-corrected chi connectivity index (χ3v) is 4.68. The molecule has 0 amide bonds. The summed E-state index contributed by atoms with van der Waals surface area (Å²) in [7, 11) is -1.14. The van der Waals surface area contributed by atoms with E-state index in [4.69, 9.17) is 4.74 Å². The SMILES string of the molecule is CCOC(=O)c1ccc(NS(=O)(=O)c2cc(C(=O)OC)n(C)c2)cc1. The minimum absolute atomic E-state index is 0.0788. The lowest BCUT2D eigenvalue weighted by atomic mass is 10.2. The van der Waals surface area contributed by atoms with Crippen LogP contribution in [0.2, 0.25) is 0 Å². The van der Waals surface area contributed by atoms with Gasteiger partial charge in [-0.2, -0.15) is 0 Å². The maximum atomic E-state index is 12.4. The van der Waals surface area contributed by atoms with Crippen molar-refractivity contribution < 1.29 is 27.5 Å². The summed E-state index contributed by atoms with van der Waals surface area (Å²) in [6, 6.07) is 7.05. The molecule has 0 saturated heterocycles. The Morgan fingerprint density at radius 1 is 1.16 bits per heavy atom. The number of ether oxygens (including phenoxy) is 2. The smallest absolute Gasteiger partial charge is 0.354 e. The largest absolute Gasteiger partial charge is 0.464 e. The van der Waals surface area contributed by atoms with Crippen molar-refractivity contribution in [3.8, 4) is 0 Å². The van der Waals surface area contributed by atoms with E-state index in [2.05, 4.69) is 9.46 Å². The van der Waals surface area contributed by atoms with Crippen molar-refractivity contribution in [1.29, 1.82) is 0 Å². The summed E-state index contributed by atoms with van der Waals surface area (Å²) < 4.78 is 38.1. The van der Waals surface area contributed by atoms with E-state index >= 15 is 0 Å². The number of nitrogens with zero attached hydrogens (tertiary/aromatic N) is 1. The summed E-state index contributed by atoms with van der Waals surface area (Å²) in [5.74, 6) is -1.12. The molecule has 0 aliphatic carbocycles. The minimum Gasteiger partial charge on any atom is -0.464 e. The Morgan fingerprint density at radius 3 is 2.36 bits per heavy atom. The number of carbonyl (C=O) groups is 2. The fourth-order valence-corrected chi connectivity index (χ4v) is 3.22. The van der Waals surface area contributed by atoms with Crippen molar-refractivity contribution in [1.82, 2.24) is 4.57 Å². The van der Waals surface area contributed by atoms with Crippen LogP contribution < -0.4 is 4.72 Å². The number of sulfonamides is 1.